The van der Waals surface area contributed by atoms with Crippen molar-refractivity contribution in [1.29, 1.82) is 0 Å². The lowest BCUT2D eigenvalue weighted by Gasteiger charge is -2.13. The van der Waals surface area contributed by atoms with Gasteiger partial charge in [0, 0.05) is 17.5 Å². The maximum Gasteiger partial charge on any atom is 0.240 e. The summed E-state index contributed by atoms with van der Waals surface area (Å²) in [5, 5.41) is 8.93. The van der Waals surface area contributed by atoms with Gasteiger partial charge in [0.2, 0.25) is 5.95 Å². The number of nitrogens with one attached hydrogen (secondary N) is 1. The zero-order chi connectivity index (χ0) is 18.3. The molecular formula is C18H19ClN4O2S. The molecule has 4 rings (SSSR count). The molecule has 1 saturated carbocycles. The monoisotopic (exact) mass is 390 g/mol. The minimum absolute atomic E-state index is 0.442. The lowest BCUT2D eigenvalue weighted by Crippen LogP contribution is -2.07. The summed E-state index contributed by atoms with van der Waals surface area (Å²) >= 11 is 6.11. The normalized spacial score (nSPS) is 15.2. The lowest BCUT2D eigenvalue weighted by atomic mass is 10.1. The molecule has 1 atom stereocenters. The molecule has 1 unspecified atom stereocenters. The van der Waals surface area contributed by atoms with E-state index in [9.17, 15) is 4.21 Å². The van der Waals surface area contributed by atoms with Crippen molar-refractivity contribution >= 4 is 34.2 Å². The molecule has 1 N–H and O–H groups in total. The van der Waals surface area contributed by atoms with Crippen LogP contribution in [0.5, 0.6) is 5.75 Å². The highest BCUT2D eigenvalue weighted by atomic mass is 35.5. The van der Waals surface area contributed by atoms with E-state index in [1.54, 1.807) is 6.26 Å². The molecule has 2 aromatic heterocycles. The maximum absolute atomic E-state index is 11.5. The highest BCUT2D eigenvalue weighted by Gasteiger charge is 2.27. The summed E-state index contributed by atoms with van der Waals surface area (Å²) in [4.78, 5) is 0. The molecule has 26 heavy (non-hydrogen) atoms. The maximum atomic E-state index is 11.5. The fourth-order valence-electron chi connectivity index (χ4n) is 3.02. The van der Waals surface area contributed by atoms with Gasteiger partial charge in [-0.25, -0.2) is 4.21 Å². The fraction of sp³-hybridized carbons (Fsp3) is 0.333. The van der Waals surface area contributed by atoms with Crippen molar-refractivity contribution < 1.29 is 8.95 Å². The molecule has 1 aliphatic carbocycles. The van der Waals surface area contributed by atoms with Gasteiger partial charge < -0.3 is 4.74 Å². The summed E-state index contributed by atoms with van der Waals surface area (Å²) in [5.74, 6) is 1.77. The predicted molar refractivity (Wildman–Crippen MR) is 103 cm³/mol. The van der Waals surface area contributed by atoms with Crippen LogP contribution < -0.4 is 9.46 Å². The summed E-state index contributed by atoms with van der Waals surface area (Å²) in [6, 6.07) is 7.68. The Hall–Kier alpha value is -2.12. The number of hydrogen-bond acceptors (Lipinski definition) is 4. The van der Waals surface area contributed by atoms with Crippen molar-refractivity contribution in [3.8, 4) is 5.75 Å². The van der Waals surface area contributed by atoms with Crippen LogP contribution in [-0.2, 0) is 17.6 Å². The summed E-state index contributed by atoms with van der Waals surface area (Å²) in [6.45, 7) is 2.43. The fourth-order valence-corrected chi connectivity index (χ4v) is 3.70. The van der Waals surface area contributed by atoms with Crippen LogP contribution in [0.25, 0.3) is 5.65 Å². The number of benzene rings is 1. The van der Waals surface area contributed by atoms with Gasteiger partial charge in [0.05, 0.1) is 0 Å². The SMILES string of the molecule is Cc1cc(Cl)cc(OCc2cc3nnc(NS(C)=O)n3cc2C2CC2)c1. The van der Waals surface area contributed by atoms with E-state index in [4.69, 9.17) is 16.3 Å². The number of hydrogen-bond donors (Lipinski definition) is 1. The summed E-state index contributed by atoms with van der Waals surface area (Å²) in [7, 11) is -1.20. The van der Waals surface area contributed by atoms with Crippen LogP contribution in [0.2, 0.25) is 5.02 Å². The first-order chi connectivity index (χ1) is 12.5. The van der Waals surface area contributed by atoms with E-state index in [1.165, 1.54) is 18.4 Å². The molecule has 0 bridgehead atoms. The second-order valence-corrected chi connectivity index (χ2v) is 8.14. The molecule has 1 fully saturated rings. The van der Waals surface area contributed by atoms with Crippen LogP contribution in [0.15, 0.2) is 30.5 Å². The molecule has 8 heteroatoms. The molecule has 3 aromatic rings. The smallest absolute Gasteiger partial charge is 0.240 e. The first-order valence-electron chi connectivity index (χ1n) is 8.37. The molecule has 1 aromatic carbocycles. The van der Waals surface area contributed by atoms with Gasteiger partial charge in [-0.1, -0.05) is 11.6 Å². The Balaban J connectivity index is 1.65. The largest absolute Gasteiger partial charge is 0.489 e. The third-order valence-corrected chi connectivity index (χ3v) is 5.01. The van der Waals surface area contributed by atoms with E-state index in [2.05, 4.69) is 14.9 Å². The van der Waals surface area contributed by atoms with Gasteiger partial charge in [-0.2, -0.15) is 0 Å². The van der Waals surface area contributed by atoms with Crippen LogP contribution in [0.3, 0.4) is 0 Å². The van der Waals surface area contributed by atoms with E-state index in [0.29, 0.717) is 29.1 Å². The Bertz CT molecular complexity index is 980. The van der Waals surface area contributed by atoms with E-state index < -0.39 is 11.0 Å². The van der Waals surface area contributed by atoms with Crippen molar-refractivity contribution in [1.82, 2.24) is 14.6 Å². The number of anilines is 1. The number of aryl methyl sites for hydroxylation is 1. The Labute approximate surface area is 159 Å². The van der Waals surface area contributed by atoms with E-state index >= 15 is 0 Å². The zero-order valence-corrected chi connectivity index (χ0v) is 16.1. The second-order valence-electron chi connectivity index (χ2n) is 6.59. The van der Waals surface area contributed by atoms with Crippen LogP contribution >= 0.6 is 11.6 Å². The van der Waals surface area contributed by atoms with Crippen LogP contribution in [0.4, 0.5) is 5.95 Å². The molecule has 0 aliphatic heterocycles. The molecule has 2 heterocycles. The predicted octanol–water partition coefficient (Wildman–Crippen LogP) is 3.85. The number of ether oxygens (including phenoxy) is 1. The molecule has 0 spiro atoms. The van der Waals surface area contributed by atoms with Crippen molar-refractivity contribution in [2.75, 3.05) is 11.0 Å². The number of halogens is 1. The minimum Gasteiger partial charge on any atom is -0.489 e. The molecule has 136 valence electrons. The van der Waals surface area contributed by atoms with Crippen LogP contribution in [0.1, 0.15) is 35.4 Å². The number of aromatic nitrogens is 3. The lowest BCUT2D eigenvalue weighted by molar-refractivity contribution is 0.304. The molecule has 6 nitrogen and oxygen atoms in total. The van der Waals surface area contributed by atoms with Gasteiger partial charge in [0.25, 0.3) is 0 Å². The Morgan fingerprint density at radius 3 is 2.81 bits per heavy atom. The quantitative estimate of drug-likeness (QED) is 0.694. The van der Waals surface area contributed by atoms with Gasteiger partial charge in [-0.15, -0.1) is 10.2 Å². The average Bonchev–Trinajstić information content (AvgIpc) is 3.34. The standard InChI is InChI=1S/C18H19ClN4O2S/c1-11-5-14(19)8-15(6-11)25-10-13-7-17-20-21-18(22-26(2)24)23(17)9-16(13)12-3-4-12/h5-9,12H,3-4,10H2,1-2H3,(H,21,22). The Morgan fingerprint density at radius 2 is 2.12 bits per heavy atom. The number of pyridine rings is 1. The average molecular weight is 391 g/mol. The molecule has 0 saturated heterocycles. The third kappa shape index (κ3) is 3.68. The molecule has 0 radical (unpaired) electrons. The summed E-state index contributed by atoms with van der Waals surface area (Å²) in [6.07, 6.45) is 5.93. The first-order valence-corrected chi connectivity index (χ1v) is 10.3. The van der Waals surface area contributed by atoms with Crippen LogP contribution in [0, 0.1) is 6.92 Å². The summed E-state index contributed by atoms with van der Waals surface area (Å²) < 4.78 is 22.1. The van der Waals surface area contributed by atoms with Gasteiger partial charge in [-0.3, -0.25) is 9.12 Å². The number of rotatable bonds is 6. The van der Waals surface area contributed by atoms with Gasteiger partial charge in [0.1, 0.15) is 23.3 Å². The minimum atomic E-state index is -1.20. The highest BCUT2D eigenvalue weighted by Crippen LogP contribution is 2.42. The second kappa shape index (κ2) is 6.89. The van der Waals surface area contributed by atoms with Gasteiger partial charge in [0.15, 0.2) is 5.65 Å². The van der Waals surface area contributed by atoms with Crippen molar-refractivity contribution in [2.45, 2.75) is 32.3 Å². The van der Waals surface area contributed by atoms with E-state index in [1.807, 2.05) is 41.8 Å². The van der Waals surface area contributed by atoms with Crippen molar-refractivity contribution in [3.63, 3.8) is 0 Å². The zero-order valence-electron chi connectivity index (χ0n) is 14.5. The molecule has 0 amide bonds. The first kappa shape index (κ1) is 17.3. The van der Waals surface area contributed by atoms with Gasteiger partial charge in [-0.05, 0) is 66.6 Å². The molecular weight excluding hydrogens is 372 g/mol. The molecule has 1 aliphatic rings. The van der Waals surface area contributed by atoms with Crippen molar-refractivity contribution in [3.05, 3.63) is 52.2 Å². The summed E-state index contributed by atoms with van der Waals surface area (Å²) in [5.41, 5.74) is 4.07. The van der Waals surface area contributed by atoms with Gasteiger partial charge >= 0.3 is 0 Å². The Morgan fingerprint density at radius 1 is 1.31 bits per heavy atom. The van der Waals surface area contributed by atoms with E-state index in [-0.39, 0.29) is 0 Å². The van der Waals surface area contributed by atoms with E-state index in [0.717, 1.165) is 16.9 Å². The number of fused-ring (bicyclic) bond motifs is 1. The highest BCUT2D eigenvalue weighted by molar-refractivity contribution is 7.85. The van der Waals surface area contributed by atoms with Crippen molar-refractivity contribution in [2.24, 2.45) is 0 Å². The topological polar surface area (TPSA) is 68.5 Å². The third-order valence-electron chi connectivity index (χ3n) is 4.33. The Kier molecular flexibility index (Phi) is 4.58. The van der Waals surface area contributed by atoms with Crippen LogP contribution in [-0.4, -0.2) is 25.1 Å². The number of nitrogens with zero attached hydrogens (tertiary/aromatic N) is 3.